The second-order valence-corrected chi connectivity index (χ2v) is 5.95. The molecule has 2 aromatic rings. The highest BCUT2D eigenvalue weighted by molar-refractivity contribution is 14.1. The van der Waals surface area contributed by atoms with E-state index < -0.39 is 10.8 Å². The van der Waals surface area contributed by atoms with Gasteiger partial charge in [0.15, 0.2) is 5.13 Å². The molecule has 1 N–H and O–H groups in total. The van der Waals surface area contributed by atoms with Crippen molar-refractivity contribution < 1.29 is 9.72 Å². The van der Waals surface area contributed by atoms with Gasteiger partial charge in [-0.25, -0.2) is 4.98 Å². The fourth-order valence-corrected chi connectivity index (χ4v) is 2.62. The van der Waals surface area contributed by atoms with Crippen LogP contribution in [0, 0.1) is 13.7 Å². The lowest BCUT2D eigenvalue weighted by atomic mass is 10.2. The van der Waals surface area contributed by atoms with Crippen LogP contribution in [0.4, 0.5) is 10.1 Å². The molecule has 0 saturated heterocycles. The van der Waals surface area contributed by atoms with E-state index in [4.69, 9.17) is 11.6 Å². The van der Waals surface area contributed by atoms with Crippen molar-refractivity contribution in [2.75, 3.05) is 5.32 Å². The van der Waals surface area contributed by atoms with Crippen molar-refractivity contribution in [1.82, 2.24) is 4.98 Å². The van der Waals surface area contributed by atoms with Gasteiger partial charge in [0, 0.05) is 8.59 Å². The van der Waals surface area contributed by atoms with E-state index in [1.165, 1.54) is 6.07 Å². The maximum atomic E-state index is 12.0. The van der Waals surface area contributed by atoms with Gasteiger partial charge in [-0.3, -0.25) is 20.2 Å². The zero-order chi connectivity index (χ0) is 14.0. The van der Waals surface area contributed by atoms with Crippen molar-refractivity contribution >= 4 is 61.6 Å². The van der Waals surface area contributed by atoms with E-state index in [0.29, 0.717) is 10.6 Å². The third-order valence-electron chi connectivity index (χ3n) is 2.07. The molecular weight excluding hydrogens is 405 g/mol. The largest absolute Gasteiger partial charge is 0.345 e. The Morgan fingerprint density at radius 1 is 1.53 bits per heavy atom. The number of rotatable bonds is 3. The van der Waals surface area contributed by atoms with E-state index in [2.05, 4.69) is 10.3 Å². The molecule has 0 saturated carbocycles. The lowest BCUT2D eigenvalue weighted by molar-refractivity contribution is -0.380. The van der Waals surface area contributed by atoms with Crippen LogP contribution in [0.15, 0.2) is 24.4 Å². The van der Waals surface area contributed by atoms with Gasteiger partial charge in [-0.2, -0.15) is 0 Å². The first-order valence-corrected chi connectivity index (χ1v) is 7.11. The Hall–Kier alpha value is -1.26. The predicted octanol–water partition coefficient (Wildman–Crippen LogP) is 3.56. The number of anilines is 1. The SMILES string of the molecule is O=C(Nc1ncc([N+](=O)[O-])s1)c1cc(Cl)ccc1I. The van der Waals surface area contributed by atoms with Crippen LogP contribution in [0.1, 0.15) is 10.4 Å². The molecule has 6 nitrogen and oxygen atoms in total. The molecule has 0 atom stereocenters. The fraction of sp³-hybridized carbons (Fsp3) is 0. The van der Waals surface area contributed by atoms with Crippen LogP contribution >= 0.6 is 45.5 Å². The van der Waals surface area contributed by atoms with Crippen LogP contribution in [0.3, 0.4) is 0 Å². The van der Waals surface area contributed by atoms with Crippen LogP contribution in [0.2, 0.25) is 5.02 Å². The molecule has 19 heavy (non-hydrogen) atoms. The van der Waals surface area contributed by atoms with Crippen LogP contribution in [0.5, 0.6) is 0 Å². The number of carbonyl (C=O) groups excluding carboxylic acids is 1. The monoisotopic (exact) mass is 409 g/mol. The first-order valence-electron chi connectivity index (χ1n) is 4.84. The van der Waals surface area contributed by atoms with Crippen molar-refractivity contribution in [2.45, 2.75) is 0 Å². The highest BCUT2D eigenvalue weighted by Gasteiger charge is 2.16. The average Bonchev–Trinajstić information content (AvgIpc) is 2.80. The quantitative estimate of drug-likeness (QED) is 0.477. The molecule has 0 spiro atoms. The summed E-state index contributed by atoms with van der Waals surface area (Å²) in [5, 5.41) is 13.5. The Balaban J connectivity index is 2.20. The van der Waals surface area contributed by atoms with Gasteiger partial charge in [-0.05, 0) is 52.1 Å². The third-order valence-corrected chi connectivity index (χ3v) is 4.11. The van der Waals surface area contributed by atoms with Gasteiger partial charge in [-0.15, -0.1) is 0 Å². The summed E-state index contributed by atoms with van der Waals surface area (Å²) in [7, 11) is 0. The first kappa shape index (κ1) is 14.2. The number of nitrogens with one attached hydrogen (secondary N) is 1. The number of hydrogen-bond donors (Lipinski definition) is 1. The fourth-order valence-electron chi connectivity index (χ4n) is 1.24. The first-order chi connectivity index (χ1) is 8.97. The molecule has 0 radical (unpaired) electrons. The van der Waals surface area contributed by atoms with E-state index in [1.807, 2.05) is 22.6 Å². The third kappa shape index (κ3) is 3.39. The predicted molar refractivity (Wildman–Crippen MR) is 80.9 cm³/mol. The molecule has 2 rings (SSSR count). The summed E-state index contributed by atoms with van der Waals surface area (Å²) in [6, 6.07) is 4.91. The van der Waals surface area contributed by atoms with Gasteiger partial charge in [-0.1, -0.05) is 11.6 Å². The van der Waals surface area contributed by atoms with E-state index in [0.717, 1.165) is 21.1 Å². The summed E-state index contributed by atoms with van der Waals surface area (Å²) in [6.45, 7) is 0. The molecule has 0 aliphatic heterocycles. The number of amides is 1. The molecule has 0 aliphatic carbocycles. The maximum absolute atomic E-state index is 12.0. The summed E-state index contributed by atoms with van der Waals surface area (Å²) in [5.41, 5.74) is 0.394. The minimum Gasteiger partial charge on any atom is -0.298 e. The minimum atomic E-state index is -0.559. The van der Waals surface area contributed by atoms with Crippen LogP contribution in [-0.2, 0) is 0 Å². The van der Waals surface area contributed by atoms with E-state index >= 15 is 0 Å². The lowest BCUT2D eigenvalue weighted by Gasteiger charge is -2.04. The highest BCUT2D eigenvalue weighted by atomic mass is 127. The lowest BCUT2D eigenvalue weighted by Crippen LogP contribution is -2.13. The Labute approximate surface area is 130 Å². The summed E-state index contributed by atoms with van der Waals surface area (Å²) in [6.07, 6.45) is 1.10. The summed E-state index contributed by atoms with van der Waals surface area (Å²) in [5.74, 6) is -0.406. The number of carbonyl (C=O) groups is 1. The van der Waals surface area contributed by atoms with Gasteiger partial charge >= 0.3 is 5.00 Å². The average molecular weight is 410 g/mol. The van der Waals surface area contributed by atoms with Crippen LogP contribution < -0.4 is 5.32 Å². The van der Waals surface area contributed by atoms with Gasteiger partial charge in [0.1, 0.15) is 6.20 Å². The molecule has 1 aromatic heterocycles. The number of benzene rings is 1. The zero-order valence-electron chi connectivity index (χ0n) is 9.09. The molecule has 1 heterocycles. The Morgan fingerprint density at radius 2 is 2.26 bits per heavy atom. The molecule has 9 heteroatoms. The number of thiazole rings is 1. The standard InChI is InChI=1S/C10H5ClIN3O3S/c11-5-1-2-7(12)6(3-5)9(16)14-10-13-4-8(19-10)15(17)18/h1-4H,(H,13,14,16). The number of nitrogens with zero attached hydrogens (tertiary/aromatic N) is 2. The topological polar surface area (TPSA) is 85.1 Å². The van der Waals surface area contributed by atoms with Crippen molar-refractivity contribution in [3.05, 3.63) is 48.7 Å². The number of hydrogen-bond acceptors (Lipinski definition) is 5. The van der Waals surface area contributed by atoms with Crippen molar-refractivity contribution in [3.8, 4) is 0 Å². The molecule has 1 aromatic carbocycles. The molecule has 98 valence electrons. The van der Waals surface area contributed by atoms with E-state index in [9.17, 15) is 14.9 Å². The van der Waals surface area contributed by atoms with Crippen molar-refractivity contribution in [1.29, 1.82) is 0 Å². The Morgan fingerprint density at radius 3 is 2.89 bits per heavy atom. The number of nitro groups is 1. The second kappa shape index (κ2) is 5.80. The van der Waals surface area contributed by atoms with Crippen LogP contribution in [0.25, 0.3) is 0 Å². The Bertz CT molecular complexity index is 661. The summed E-state index contributed by atoms with van der Waals surface area (Å²) < 4.78 is 0.727. The van der Waals surface area contributed by atoms with Crippen LogP contribution in [-0.4, -0.2) is 15.8 Å². The van der Waals surface area contributed by atoms with E-state index in [1.54, 1.807) is 12.1 Å². The number of halogens is 2. The van der Waals surface area contributed by atoms with Gasteiger partial charge in [0.05, 0.1) is 10.5 Å². The highest BCUT2D eigenvalue weighted by Crippen LogP contribution is 2.26. The van der Waals surface area contributed by atoms with Crippen molar-refractivity contribution in [3.63, 3.8) is 0 Å². The molecular formula is C10H5ClIN3O3S. The molecule has 1 amide bonds. The minimum absolute atomic E-state index is 0.129. The zero-order valence-corrected chi connectivity index (χ0v) is 12.8. The second-order valence-electron chi connectivity index (χ2n) is 3.34. The van der Waals surface area contributed by atoms with Crippen molar-refractivity contribution in [2.24, 2.45) is 0 Å². The Kier molecular flexibility index (Phi) is 4.32. The molecule has 0 unspecified atom stereocenters. The van der Waals surface area contributed by atoms with E-state index in [-0.39, 0.29) is 10.1 Å². The summed E-state index contributed by atoms with van der Waals surface area (Å²) in [4.78, 5) is 25.7. The normalized spacial score (nSPS) is 10.2. The molecule has 0 aliphatic rings. The molecule has 0 bridgehead atoms. The maximum Gasteiger partial charge on any atom is 0.345 e. The van der Waals surface area contributed by atoms with Gasteiger partial charge < -0.3 is 0 Å². The smallest absolute Gasteiger partial charge is 0.298 e. The van der Waals surface area contributed by atoms with Gasteiger partial charge in [0.25, 0.3) is 5.91 Å². The number of aromatic nitrogens is 1. The molecule has 0 fully saturated rings. The summed E-state index contributed by atoms with van der Waals surface area (Å²) >= 11 is 8.63. The van der Waals surface area contributed by atoms with Gasteiger partial charge in [0.2, 0.25) is 0 Å².